The maximum atomic E-state index is 10.4. The van der Waals surface area contributed by atoms with E-state index in [0.717, 1.165) is 0 Å². The van der Waals surface area contributed by atoms with E-state index >= 15 is 0 Å². The monoisotopic (exact) mass is 212 g/mol. The molecule has 0 aliphatic rings. The van der Waals surface area contributed by atoms with Crippen molar-refractivity contribution in [1.82, 2.24) is 0 Å². The number of carboxylic acid groups (broad SMARTS) is 1. The van der Waals surface area contributed by atoms with Crippen LogP contribution in [0.25, 0.3) is 0 Å². The molecule has 0 aliphatic heterocycles. The van der Waals surface area contributed by atoms with Gasteiger partial charge in [-0.1, -0.05) is 0 Å². The molecule has 1 aromatic rings. The van der Waals surface area contributed by atoms with Crippen LogP contribution in [0.3, 0.4) is 0 Å². The summed E-state index contributed by atoms with van der Waals surface area (Å²) in [6, 6.07) is 4.11. The summed E-state index contributed by atoms with van der Waals surface area (Å²) in [4.78, 5) is 10.4. The fourth-order valence-electron chi connectivity index (χ4n) is 0.656. The number of benzene rings is 1. The Balaban J connectivity index is 3.15. The molecule has 2 N–H and O–H groups in total. The van der Waals surface area contributed by atoms with Crippen LogP contribution in [0.4, 0.5) is 0 Å². The Morgan fingerprint density at radius 3 is 2.55 bits per heavy atom. The van der Waals surface area contributed by atoms with Crippen LogP contribution in [0.5, 0.6) is 5.75 Å². The summed E-state index contributed by atoms with van der Waals surface area (Å²) in [5.41, 5.74) is 0.179. The Morgan fingerprint density at radius 2 is 2.09 bits per heavy atom. The van der Waals surface area contributed by atoms with Gasteiger partial charge in [-0.15, -0.1) is 0 Å². The molecule has 0 saturated heterocycles. The number of aromatic carboxylic acids is 1. The number of phenols is 1. The van der Waals surface area contributed by atoms with Gasteiger partial charge in [-0.3, -0.25) is 0 Å². The molecule has 0 fully saturated rings. The van der Waals surface area contributed by atoms with Crippen molar-refractivity contribution < 1.29 is 15.0 Å². The normalized spacial score (nSPS) is 9.55. The topological polar surface area (TPSA) is 57.5 Å². The van der Waals surface area contributed by atoms with Crippen LogP contribution in [0.15, 0.2) is 18.2 Å². The third-order valence-electron chi connectivity index (χ3n) is 1.22. The van der Waals surface area contributed by atoms with E-state index in [2.05, 4.69) is 16.9 Å². The van der Waals surface area contributed by atoms with Gasteiger partial charge in [0.25, 0.3) is 0 Å². The molecule has 0 saturated carbocycles. The number of rotatable bonds is 1. The number of phenolic OH excluding ortho intramolecular Hbond substituents is 1. The third kappa shape index (κ3) is 1.75. The van der Waals surface area contributed by atoms with Gasteiger partial charge in [-0.2, -0.15) is 0 Å². The summed E-state index contributed by atoms with van der Waals surface area (Å²) < 4.78 is 0.511. The summed E-state index contributed by atoms with van der Waals surface area (Å²) in [7, 11) is 0. The van der Waals surface area contributed by atoms with Gasteiger partial charge in [0.05, 0.1) is 0 Å². The molecule has 0 atom stereocenters. The molecule has 4 heteroatoms. The zero-order chi connectivity index (χ0) is 8.43. The summed E-state index contributed by atoms with van der Waals surface area (Å²) in [6.45, 7) is 0. The van der Waals surface area contributed by atoms with E-state index in [1.165, 1.54) is 18.2 Å². The zero-order valence-electron chi connectivity index (χ0n) is 5.48. The van der Waals surface area contributed by atoms with Crippen molar-refractivity contribution in [1.29, 1.82) is 0 Å². The van der Waals surface area contributed by atoms with Gasteiger partial charge in [0.15, 0.2) is 0 Å². The second-order valence-corrected chi connectivity index (χ2v) is 3.02. The first-order valence-corrected chi connectivity index (χ1v) is 3.80. The Bertz CT molecular complexity index is 296. The van der Waals surface area contributed by atoms with Gasteiger partial charge in [-0.25, -0.2) is 0 Å². The first-order chi connectivity index (χ1) is 5.11. The van der Waals surface area contributed by atoms with E-state index in [-0.39, 0.29) is 11.3 Å². The van der Waals surface area contributed by atoms with Crippen LogP contribution >= 0.6 is 0 Å². The van der Waals surface area contributed by atoms with Crippen LogP contribution in [0.1, 0.15) is 10.4 Å². The number of hydrogen-bond donors (Lipinski definition) is 2. The SMILES string of the molecule is O=C(O)c1ccc(O)c([As])c1. The number of carboxylic acids is 1. The van der Waals surface area contributed by atoms with Crippen molar-refractivity contribution >= 4 is 27.2 Å². The number of aromatic hydroxyl groups is 1. The Hall–Kier alpha value is -0.952. The fraction of sp³-hybridized carbons (Fsp3) is 0. The van der Waals surface area contributed by atoms with Crippen molar-refractivity contribution in [2.45, 2.75) is 0 Å². The molecule has 1 aromatic carbocycles. The molecule has 2 radical (unpaired) electrons. The molecule has 3 nitrogen and oxygen atoms in total. The molecule has 0 spiro atoms. The predicted molar refractivity (Wildman–Crippen MR) is 40.5 cm³/mol. The summed E-state index contributed by atoms with van der Waals surface area (Å²) in [5, 5.41) is 17.5. The third-order valence-corrected chi connectivity index (χ3v) is 1.97. The standard InChI is InChI=1S/C7H5AsO3/c8-5-3-4(7(10)11)1-2-6(5)9/h1-3,9H,(H,10,11). The molecule has 56 valence electrons. The second-order valence-electron chi connectivity index (χ2n) is 2.01. The maximum absolute atomic E-state index is 10.4. The van der Waals surface area contributed by atoms with Gasteiger partial charge in [0.2, 0.25) is 0 Å². The number of hydrogen-bond acceptors (Lipinski definition) is 2. The first-order valence-electron chi connectivity index (χ1n) is 2.86. The van der Waals surface area contributed by atoms with Gasteiger partial charge in [0.1, 0.15) is 0 Å². The van der Waals surface area contributed by atoms with Gasteiger partial charge < -0.3 is 0 Å². The number of carbonyl (C=O) groups is 1. The van der Waals surface area contributed by atoms with E-state index in [9.17, 15) is 4.79 Å². The van der Waals surface area contributed by atoms with Gasteiger partial charge in [-0.05, 0) is 0 Å². The average Bonchev–Trinajstić information content (AvgIpc) is 1.94. The van der Waals surface area contributed by atoms with E-state index < -0.39 is 5.97 Å². The molecule has 0 amide bonds. The van der Waals surface area contributed by atoms with E-state index in [1.54, 1.807) is 0 Å². The first kappa shape index (κ1) is 8.15. The Morgan fingerprint density at radius 1 is 1.45 bits per heavy atom. The Labute approximate surface area is 72.2 Å². The zero-order valence-corrected chi connectivity index (χ0v) is 7.36. The molecule has 0 heterocycles. The van der Waals surface area contributed by atoms with Crippen LogP contribution in [0.2, 0.25) is 0 Å². The molecule has 1 rings (SSSR count). The van der Waals surface area contributed by atoms with Crippen LogP contribution in [-0.4, -0.2) is 33.0 Å². The van der Waals surface area contributed by atoms with Crippen LogP contribution in [-0.2, 0) is 0 Å². The van der Waals surface area contributed by atoms with Crippen molar-refractivity contribution in [3.63, 3.8) is 0 Å². The van der Waals surface area contributed by atoms with Crippen molar-refractivity contribution in [3.8, 4) is 5.75 Å². The summed E-state index contributed by atoms with van der Waals surface area (Å²) >= 11 is 2.10. The van der Waals surface area contributed by atoms with Gasteiger partial charge in [0, 0.05) is 0 Å². The fourth-order valence-corrected chi connectivity index (χ4v) is 1.10. The minimum atomic E-state index is -0.989. The quantitative estimate of drug-likeness (QED) is 0.638. The molecular formula is C7H5AsO3. The minimum absolute atomic E-state index is 0.0926. The van der Waals surface area contributed by atoms with Crippen molar-refractivity contribution in [2.24, 2.45) is 0 Å². The summed E-state index contributed by atoms with van der Waals surface area (Å²) in [5.74, 6) is -0.896. The molecular weight excluding hydrogens is 207 g/mol. The molecule has 0 aliphatic carbocycles. The summed E-state index contributed by atoms with van der Waals surface area (Å²) in [6.07, 6.45) is 0. The van der Waals surface area contributed by atoms with E-state index in [4.69, 9.17) is 10.2 Å². The Kier molecular flexibility index (Phi) is 2.20. The van der Waals surface area contributed by atoms with E-state index in [0.29, 0.717) is 4.35 Å². The second kappa shape index (κ2) is 2.97. The van der Waals surface area contributed by atoms with Crippen LogP contribution in [0, 0.1) is 0 Å². The predicted octanol–water partition coefficient (Wildman–Crippen LogP) is -0.116. The molecule has 0 bridgehead atoms. The van der Waals surface area contributed by atoms with Gasteiger partial charge >= 0.3 is 71.7 Å². The van der Waals surface area contributed by atoms with E-state index in [1.807, 2.05) is 0 Å². The van der Waals surface area contributed by atoms with Crippen molar-refractivity contribution in [2.75, 3.05) is 0 Å². The molecule has 0 unspecified atom stereocenters. The van der Waals surface area contributed by atoms with Crippen LogP contribution < -0.4 is 4.35 Å². The molecule has 11 heavy (non-hydrogen) atoms. The average molecular weight is 212 g/mol. The molecule has 0 aromatic heterocycles. The van der Waals surface area contributed by atoms with Crippen molar-refractivity contribution in [3.05, 3.63) is 23.8 Å².